The van der Waals surface area contributed by atoms with E-state index in [0.717, 1.165) is 6.26 Å². The highest BCUT2D eigenvalue weighted by atomic mass is 35.5. The van der Waals surface area contributed by atoms with Gasteiger partial charge in [-0.3, -0.25) is 0 Å². The van der Waals surface area contributed by atoms with Crippen LogP contribution in [0.1, 0.15) is 13.8 Å². The molecule has 0 aromatic carbocycles. The minimum atomic E-state index is -3.38. The van der Waals surface area contributed by atoms with Crippen LogP contribution in [0.3, 0.4) is 0 Å². The number of pyridine rings is 1. The molecule has 0 N–H and O–H groups in total. The van der Waals surface area contributed by atoms with Crippen molar-refractivity contribution >= 4 is 21.4 Å². The first-order chi connectivity index (χ1) is 7.30. The lowest BCUT2D eigenvalue weighted by Gasteiger charge is -2.10. The van der Waals surface area contributed by atoms with Gasteiger partial charge in [0.05, 0.1) is 11.6 Å². The number of hydrogen-bond acceptors (Lipinski definition) is 4. The van der Waals surface area contributed by atoms with Gasteiger partial charge >= 0.3 is 0 Å². The van der Waals surface area contributed by atoms with Crippen LogP contribution >= 0.6 is 11.6 Å². The molecule has 0 radical (unpaired) electrons. The predicted molar refractivity (Wildman–Crippen MR) is 62.7 cm³/mol. The smallest absolute Gasteiger partial charge is 0.232 e. The quantitative estimate of drug-likeness (QED) is 0.835. The van der Waals surface area contributed by atoms with Crippen LogP contribution in [0.2, 0.25) is 5.02 Å². The molecule has 1 aromatic heterocycles. The number of nitrogens with zero attached hydrogens (tertiary/aromatic N) is 1. The molecular weight excluding hydrogens is 250 g/mol. The van der Waals surface area contributed by atoms with Crippen LogP contribution in [0.5, 0.6) is 5.88 Å². The number of sulfone groups is 1. The summed E-state index contributed by atoms with van der Waals surface area (Å²) in [6.45, 7) is 4.35. The molecule has 0 spiro atoms. The molecule has 0 atom stereocenters. The summed E-state index contributed by atoms with van der Waals surface area (Å²) in [5.41, 5.74) is 0. The Morgan fingerprint density at radius 3 is 2.62 bits per heavy atom. The number of aromatic nitrogens is 1. The van der Waals surface area contributed by atoms with Crippen LogP contribution in [-0.4, -0.2) is 26.3 Å². The molecule has 0 amide bonds. The van der Waals surface area contributed by atoms with E-state index >= 15 is 0 Å². The summed E-state index contributed by atoms with van der Waals surface area (Å²) in [5.74, 6) is 0.408. The van der Waals surface area contributed by atoms with Gasteiger partial charge in [0, 0.05) is 12.5 Å². The maximum absolute atomic E-state index is 11.5. The summed E-state index contributed by atoms with van der Waals surface area (Å²) in [7, 11) is -3.38. The summed E-state index contributed by atoms with van der Waals surface area (Å²) < 4.78 is 28.3. The summed E-state index contributed by atoms with van der Waals surface area (Å²) in [4.78, 5) is 3.91. The lowest BCUT2D eigenvalue weighted by atomic mass is 10.2. The molecule has 0 saturated heterocycles. The minimum Gasteiger partial charge on any atom is -0.476 e. The SMILES string of the molecule is CC(C)COc1ncc(Cl)cc1S(C)(=O)=O. The molecular formula is C10H14ClNO3S. The second-order valence-corrected chi connectivity index (χ2v) is 6.35. The summed E-state index contributed by atoms with van der Waals surface area (Å²) in [5, 5.41) is 0.275. The third-order valence-corrected chi connectivity index (χ3v) is 3.04. The zero-order valence-corrected chi connectivity index (χ0v) is 11.0. The first kappa shape index (κ1) is 13.3. The van der Waals surface area contributed by atoms with Crippen LogP contribution in [0, 0.1) is 5.92 Å². The van der Waals surface area contributed by atoms with E-state index in [1.54, 1.807) is 0 Å². The van der Waals surface area contributed by atoms with Crippen molar-refractivity contribution in [1.29, 1.82) is 0 Å². The molecule has 0 bridgehead atoms. The second kappa shape index (κ2) is 5.01. The Balaban J connectivity index is 3.09. The predicted octanol–water partition coefficient (Wildman–Crippen LogP) is 2.17. The maximum Gasteiger partial charge on any atom is 0.232 e. The molecule has 0 saturated carbocycles. The summed E-state index contributed by atoms with van der Waals surface area (Å²) >= 11 is 5.70. The van der Waals surface area contributed by atoms with Crippen LogP contribution < -0.4 is 4.74 Å². The highest BCUT2D eigenvalue weighted by Crippen LogP contribution is 2.24. The van der Waals surface area contributed by atoms with Gasteiger partial charge in [-0.25, -0.2) is 13.4 Å². The molecule has 1 rings (SSSR count). The number of ether oxygens (including phenoxy) is 1. The van der Waals surface area contributed by atoms with Crippen LogP contribution in [-0.2, 0) is 9.84 Å². The number of rotatable bonds is 4. The standard InChI is InChI=1S/C10H14ClNO3S/c1-7(2)6-15-10-9(16(3,13)14)4-8(11)5-12-10/h4-5,7H,6H2,1-3H3. The van der Waals surface area contributed by atoms with Crippen molar-refractivity contribution in [3.8, 4) is 5.88 Å². The van der Waals surface area contributed by atoms with Crippen molar-refractivity contribution in [3.05, 3.63) is 17.3 Å². The van der Waals surface area contributed by atoms with Crippen molar-refractivity contribution < 1.29 is 13.2 Å². The minimum absolute atomic E-state index is 0.0284. The van der Waals surface area contributed by atoms with Gasteiger partial charge in [-0.15, -0.1) is 0 Å². The fourth-order valence-electron chi connectivity index (χ4n) is 1.03. The number of halogens is 1. The molecule has 4 nitrogen and oxygen atoms in total. The Kier molecular flexibility index (Phi) is 4.15. The largest absolute Gasteiger partial charge is 0.476 e. The van der Waals surface area contributed by atoms with E-state index in [4.69, 9.17) is 16.3 Å². The Hall–Kier alpha value is -0.810. The van der Waals surface area contributed by atoms with E-state index in [-0.39, 0.29) is 15.8 Å². The Labute approximate surface area is 101 Å². The van der Waals surface area contributed by atoms with Crippen molar-refractivity contribution in [2.45, 2.75) is 18.7 Å². The maximum atomic E-state index is 11.5. The normalized spacial score (nSPS) is 11.8. The average molecular weight is 264 g/mol. The van der Waals surface area contributed by atoms with Gasteiger partial charge in [0.15, 0.2) is 9.84 Å². The van der Waals surface area contributed by atoms with Gasteiger partial charge in [-0.2, -0.15) is 0 Å². The molecule has 90 valence electrons. The summed E-state index contributed by atoms with van der Waals surface area (Å²) in [6.07, 6.45) is 2.47. The highest BCUT2D eigenvalue weighted by Gasteiger charge is 2.17. The van der Waals surface area contributed by atoms with Crippen molar-refractivity contribution in [2.75, 3.05) is 12.9 Å². The lowest BCUT2D eigenvalue weighted by molar-refractivity contribution is 0.254. The molecule has 0 fully saturated rings. The zero-order valence-electron chi connectivity index (χ0n) is 9.40. The lowest BCUT2D eigenvalue weighted by Crippen LogP contribution is -2.09. The Morgan fingerprint density at radius 2 is 2.12 bits per heavy atom. The van der Waals surface area contributed by atoms with Gasteiger partial charge < -0.3 is 4.74 Å². The average Bonchev–Trinajstić information content (AvgIpc) is 2.14. The molecule has 1 heterocycles. The molecule has 0 unspecified atom stereocenters. The van der Waals surface area contributed by atoms with Gasteiger partial charge in [0.25, 0.3) is 0 Å². The third-order valence-electron chi connectivity index (χ3n) is 1.74. The van der Waals surface area contributed by atoms with Gasteiger partial charge in [-0.05, 0) is 12.0 Å². The molecule has 1 aromatic rings. The highest BCUT2D eigenvalue weighted by molar-refractivity contribution is 7.90. The van der Waals surface area contributed by atoms with Gasteiger partial charge in [-0.1, -0.05) is 25.4 Å². The van der Waals surface area contributed by atoms with E-state index in [2.05, 4.69) is 4.98 Å². The fourth-order valence-corrected chi connectivity index (χ4v) is 2.02. The number of hydrogen-bond donors (Lipinski definition) is 0. The van der Waals surface area contributed by atoms with Gasteiger partial charge in [0.2, 0.25) is 5.88 Å². The summed E-state index contributed by atoms with van der Waals surface area (Å²) in [6, 6.07) is 1.35. The molecule has 0 aliphatic heterocycles. The van der Waals surface area contributed by atoms with E-state index in [1.165, 1.54) is 12.3 Å². The van der Waals surface area contributed by atoms with Crippen LogP contribution in [0.25, 0.3) is 0 Å². The van der Waals surface area contributed by atoms with Crippen LogP contribution in [0.4, 0.5) is 0 Å². The Bertz CT molecular complexity index is 471. The molecule has 16 heavy (non-hydrogen) atoms. The molecule has 0 aliphatic rings. The van der Waals surface area contributed by atoms with Crippen molar-refractivity contribution in [1.82, 2.24) is 4.98 Å². The molecule has 6 heteroatoms. The second-order valence-electron chi connectivity index (χ2n) is 3.93. The van der Waals surface area contributed by atoms with Crippen molar-refractivity contribution in [3.63, 3.8) is 0 Å². The van der Waals surface area contributed by atoms with Crippen molar-refractivity contribution in [2.24, 2.45) is 5.92 Å². The van der Waals surface area contributed by atoms with E-state index in [9.17, 15) is 8.42 Å². The van der Waals surface area contributed by atoms with E-state index in [1.807, 2.05) is 13.8 Å². The third kappa shape index (κ3) is 3.64. The fraction of sp³-hybridized carbons (Fsp3) is 0.500. The van der Waals surface area contributed by atoms with Gasteiger partial charge in [0.1, 0.15) is 4.90 Å². The first-order valence-electron chi connectivity index (χ1n) is 4.79. The monoisotopic (exact) mass is 263 g/mol. The zero-order chi connectivity index (χ0) is 12.3. The topological polar surface area (TPSA) is 56.3 Å². The Morgan fingerprint density at radius 1 is 1.50 bits per heavy atom. The first-order valence-corrected chi connectivity index (χ1v) is 7.06. The van der Waals surface area contributed by atoms with Crippen LogP contribution in [0.15, 0.2) is 17.2 Å². The molecule has 0 aliphatic carbocycles. The van der Waals surface area contributed by atoms with E-state index in [0.29, 0.717) is 12.5 Å². The van der Waals surface area contributed by atoms with E-state index < -0.39 is 9.84 Å².